The van der Waals surface area contributed by atoms with Crippen molar-refractivity contribution in [2.24, 2.45) is 0 Å². The molecule has 2 aromatic rings. The van der Waals surface area contributed by atoms with Gasteiger partial charge in [0.05, 0.1) is 32.7 Å². The molecule has 1 spiro atoms. The van der Waals surface area contributed by atoms with E-state index in [-0.39, 0.29) is 27.9 Å². The summed E-state index contributed by atoms with van der Waals surface area (Å²) in [5, 5.41) is 3.98. The molecule has 2 saturated heterocycles. The molecule has 0 radical (unpaired) electrons. The summed E-state index contributed by atoms with van der Waals surface area (Å²) in [5.74, 6) is 0.0390. The largest absolute Gasteiger partial charge is 0.316 e. The molecule has 2 aliphatic heterocycles. The van der Waals surface area contributed by atoms with E-state index in [1.807, 2.05) is 49.1 Å². The topological polar surface area (TPSA) is 69.7 Å². The molecule has 1 amide bonds. The van der Waals surface area contributed by atoms with Crippen LogP contribution in [-0.2, 0) is 14.8 Å². The Morgan fingerprint density at radius 2 is 1.71 bits per heavy atom. The highest BCUT2D eigenvalue weighted by Crippen LogP contribution is 2.40. The van der Waals surface area contributed by atoms with Gasteiger partial charge in [-0.3, -0.25) is 10.1 Å². The first-order chi connectivity index (χ1) is 14.7. The minimum Gasteiger partial charge on any atom is -0.316 e. The normalized spacial score (nSPS) is 22.8. The lowest BCUT2D eigenvalue weighted by Gasteiger charge is -2.46. The van der Waals surface area contributed by atoms with Crippen molar-refractivity contribution in [3.8, 4) is 0 Å². The van der Waals surface area contributed by atoms with Gasteiger partial charge in [-0.05, 0) is 50.5 Å². The van der Waals surface area contributed by atoms with Crippen LogP contribution in [0.15, 0.2) is 53.4 Å². The molecule has 0 aliphatic carbocycles. The van der Waals surface area contributed by atoms with Crippen molar-refractivity contribution in [3.05, 3.63) is 64.1 Å². The Bertz CT molecular complexity index is 1090. The van der Waals surface area contributed by atoms with Crippen molar-refractivity contribution in [1.82, 2.24) is 14.5 Å². The van der Waals surface area contributed by atoms with E-state index in [0.717, 1.165) is 5.56 Å². The van der Waals surface area contributed by atoms with E-state index in [2.05, 4.69) is 5.32 Å². The van der Waals surface area contributed by atoms with Crippen molar-refractivity contribution in [2.45, 2.75) is 49.3 Å². The summed E-state index contributed by atoms with van der Waals surface area (Å²) >= 11 is 12.0. The number of rotatable bonds is 4. The standard InChI is InChI=1S/C22H25Cl2N3O3S/c1-15-21(28)27(16(2)17-6-4-3-5-7-17)22(25-15)10-12-26(13-11-22)31(29,30)18-8-9-19(23)20(24)14-18/h3-9,14-16,25H,10-13H2,1-2H3/t15-,16-/m0/s1. The summed E-state index contributed by atoms with van der Waals surface area (Å²) in [4.78, 5) is 15.1. The second-order valence-electron chi connectivity index (χ2n) is 8.17. The fraction of sp³-hybridized carbons (Fsp3) is 0.409. The Kier molecular flexibility index (Phi) is 6.09. The van der Waals surface area contributed by atoms with Gasteiger partial charge in [-0.15, -0.1) is 0 Å². The zero-order valence-electron chi connectivity index (χ0n) is 17.4. The summed E-state index contributed by atoms with van der Waals surface area (Å²) in [6.45, 7) is 4.48. The Balaban J connectivity index is 1.58. The van der Waals surface area contributed by atoms with E-state index in [9.17, 15) is 13.2 Å². The molecular weight excluding hydrogens is 457 g/mol. The van der Waals surface area contributed by atoms with Crippen LogP contribution < -0.4 is 5.32 Å². The van der Waals surface area contributed by atoms with Crippen LogP contribution in [0.3, 0.4) is 0 Å². The molecule has 9 heteroatoms. The number of nitrogens with zero attached hydrogens (tertiary/aromatic N) is 2. The van der Waals surface area contributed by atoms with E-state index >= 15 is 0 Å². The minimum atomic E-state index is -3.71. The third-order valence-corrected chi connectivity index (χ3v) is 8.94. The minimum absolute atomic E-state index is 0.0390. The van der Waals surface area contributed by atoms with Crippen molar-refractivity contribution >= 4 is 39.1 Å². The highest BCUT2D eigenvalue weighted by atomic mass is 35.5. The summed E-state index contributed by atoms with van der Waals surface area (Å²) in [6.07, 6.45) is 1.00. The Hall–Kier alpha value is -1.64. The summed E-state index contributed by atoms with van der Waals surface area (Å²) in [6, 6.07) is 13.8. The number of carbonyl (C=O) groups is 1. The van der Waals surface area contributed by atoms with Crippen LogP contribution in [0.25, 0.3) is 0 Å². The van der Waals surface area contributed by atoms with Gasteiger partial charge in [0.25, 0.3) is 0 Å². The highest BCUT2D eigenvalue weighted by Gasteiger charge is 2.52. The van der Waals surface area contributed by atoms with E-state index in [4.69, 9.17) is 23.2 Å². The lowest BCUT2D eigenvalue weighted by atomic mass is 9.94. The average Bonchev–Trinajstić information content (AvgIpc) is 2.99. The number of amides is 1. The maximum absolute atomic E-state index is 13.1. The predicted octanol–water partition coefficient (Wildman–Crippen LogP) is 4.06. The number of hydrogen-bond acceptors (Lipinski definition) is 4. The molecule has 0 saturated carbocycles. The maximum atomic E-state index is 13.1. The molecule has 6 nitrogen and oxygen atoms in total. The molecule has 2 heterocycles. The first-order valence-corrected chi connectivity index (χ1v) is 12.5. The van der Waals surface area contributed by atoms with Crippen LogP contribution in [-0.4, -0.2) is 48.3 Å². The average molecular weight is 482 g/mol. The summed E-state index contributed by atoms with van der Waals surface area (Å²) in [7, 11) is -3.71. The number of piperidine rings is 1. The first-order valence-electron chi connectivity index (χ1n) is 10.3. The van der Waals surface area contributed by atoms with Crippen molar-refractivity contribution in [1.29, 1.82) is 0 Å². The first kappa shape index (κ1) is 22.6. The number of benzene rings is 2. The monoisotopic (exact) mass is 481 g/mol. The highest BCUT2D eigenvalue weighted by molar-refractivity contribution is 7.89. The van der Waals surface area contributed by atoms with Gasteiger partial charge in [0.1, 0.15) is 0 Å². The third kappa shape index (κ3) is 3.98. The zero-order chi connectivity index (χ0) is 22.4. The maximum Gasteiger partial charge on any atom is 0.243 e. The van der Waals surface area contributed by atoms with Crippen LogP contribution in [0.2, 0.25) is 10.0 Å². The van der Waals surface area contributed by atoms with E-state index in [1.165, 1.54) is 22.5 Å². The van der Waals surface area contributed by atoms with Crippen LogP contribution in [0.1, 0.15) is 38.3 Å². The lowest BCUT2D eigenvalue weighted by Crippen LogP contribution is -2.59. The molecule has 0 unspecified atom stereocenters. The molecule has 2 aliphatic rings. The van der Waals surface area contributed by atoms with Crippen LogP contribution in [0, 0.1) is 0 Å². The smallest absolute Gasteiger partial charge is 0.243 e. The molecule has 2 atom stereocenters. The van der Waals surface area contributed by atoms with Crippen LogP contribution in [0.4, 0.5) is 0 Å². The van der Waals surface area contributed by atoms with Gasteiger partial charge in [0.15, 0.2) is 0 Å². The third-order valence-electron chi connectivity index (χ3n) is 6.30. The number of sulfonamides is 1. The number of hydrogen-bond donors (Lipinski definition) is 1. The molecule has 0 aromatic heterocycles. The molecule has 0 bridgehead atoms. The Morgan fingerprint density at radius 3 is 2.32 bits per heavy atom. The SMILES string of the molecule is C[C@@H]1NC2(CCN(S(=O)(=O)c3ccc(Cl)c(Cl)c3)CC2)N([C@@H](C)c2ccccc2)C1=O. The second-order valence-corrected chi connectivity index (χ2v) is 10.9. The molecule has 1 N–H and O–H groups in total. The van der Waals surface area contributed by atoms with Crippen molar-refractivity contribution in [3.63, 3.8) is 0 Å². The van der Waals surface area contributed by atoms with Gasteiger partial charge in [-0.25, -0.2) is 8.42 Å². The zero-order valence-corrected chi connectivity index (χ0v) is 19.7. The Morgan fingerprint density at radius 1 is 1.06 bits per heavy atom. The quantitative estimate of drug-likeness (QED) is 0.714. The molecule has 31 heavy (non-hydrogen) atoms. The van der Waals surface area contributed by atoms with E-state index in [0.29, 0.717) is 31.0 Å². The van der Waals surface area contributed by atoms with Crippen LogP contribution in [0.5, 0.6) is 0 Å². The van der Waals surface area contributed by atoms with Gasteiger partial charge in [-0.2, -0.15) is 4.31 Å². The number of nitrogens with one attached hydrogen (secondary N) is 1. The van der Waals surface area contributed by atoms with Gasteiger partial charge in [0.2, 0.25) is 15.9 Å². The molecule has 166 valence electrons. The number of halogens is 2. The predicted molar refractivity (Wildman–Crippen MR) is 121 cm³/mol. The van der Waals surface area contributed by atoms with Gasteiger partial charge < -0.3 is 4.90 Å². The van der Waals surface area contributed by atoms with Crippen molar-refractivity contribution < 1.29 is 13.2 Å². The number of carbonyl (C=O) groups excluding carboxylic acids is 1. The summed E-state index contributed by atoms with van der Waals surface area (Å²) in [5.41, 5.74) is 0.479. The lowest BCUT2D eigenvalue weighted by molar-refractivity contribution is -0.136. The van der Waals surface area contributed by atoms with E-state index < -0.39 is 15.7 Å². The second kappa shape index (κ2) is 8.37. The van der Waals surface area contributed by atoms with Crippen molar-refractivity contribution in [2.75, 3.05) is 13.1 Å². The van der Waals surface area contributed by atoms with Gasteiger partial charge in [-0.1, -0.05) is 53.5 Å². The molecule has 4 rings (SSSR count). The van der Waals surface area contributed by atoms with E-state index in [1.54, 1.807) is 0 Å². The fourth-order valence-electron chi connectivity index (χ4n) is 4.66. The molecule has 2 aromatic carbocycles. The van der Waals surface area contributed by atoms with Gasteiger partial charge >= 0.3 is 0 Å². The molecular formula is C22H25Cl2N3O3S. The fourth-order valence-corrected chi connectivity index (χ4v) is 6.50. The summed E-state index contributed by atoms with van der Waals surface area (Å²) < 4.78 is 27.7. The Labute approximate surface area is 193 Å². The molecule has 2 fully saturated rings. The van der Waals surface area contributed by atoms with Crippen LogP contribution >= 0.6 is 23.2 Å². The van der Waals surface area contributed by atoms with Gasteiger partial charge in [0, 0.05) is 13.1 Å².